The smallest absolute Gasteiger partial charge is 0.0507 e. The summed E-state index contributed by atoms with van der Waals surface area (Å²) in [6.07, 6.45) is 3.91. The van der Waals surface area contributed by atoms with Crippen molar-refractivity contribution in [2.24, 2.45) is 11.8 Å². The highest BCUT2D eigenvalue weighted by atomic mass is 16.5. The molecular formula is C12H24N2O. The lowest BCUT2D eigenvalue weighted by Gasteiger charge is -2.28. The van der Waals surface area contributed by atoms with Gasteiger partial charge in [-0.1, -0.05) is 0 Å². The highest BCUT2D eigenvalue weighted by molar-refractivity contribution is 4.77. The van der Waals surface area contributed by atoms with Crippen LogP contribution in [0.5, 0.6) is 0 Å². The summed E-state index contributed by atoms with van der Waals surface area (Å²) in [5.41, 5.74) is 0. The lowest BCUT2D eigenvalue weighted by molar-refractivity contribution is 0.184. The van der Waals surface area contributed by atoms with E-state index in [4.69, 9.17) is 4.74 Å². The van der Waals surface area contributed by atoms with E-state index in [2.05, 4.69) is 17.6 Å². The molecule has 2 saturated heterocycles. The molecule has 3 atom stereocenters. The van der Waals surface area contributed by atoms with Crippen LogP contribution in [0.3, 0.4) is 0 Å². The maximum atomic E-state index is 5.37. The maximum Gasteiger partial charge on any atom is 0.0507 e. The van der Waals surface area contributed by atoms with Crippen molar-refractivity contribution in [1.82, 2.24) is 10.6 Å². The van der Waals surface area contributed by atoms with E-state index in [9.17, 15) is 0 Å². The van der Waals surface area contributed by atoms with E-state index < -0.39 is 0 Å². The molecule has 2 rings (SSSR count). The summed E-state index contributed by atoms with van der Waals surface area (Å²) in [6.45, 7) is 7.77. The Bertz CT molecular complexity index is 180. The monoisotopic (exact) mass is 212 g/mol. The minimum atomic E-state index is 0.709. The van der Waals surface area contributed by atoms with E-state index in [0.29, 0.717) is 6.04 Å². The van der Waals surface area contributed by atoms with Gasteiger partial charge in [0.1, 0.15) is 0 Å². The number of hydrogen-bond donors (Lipinski definition) is 2. The fraction of sp³-hybridized carbons (Fsp3) is 1.00. The average Bonchev–Trinajstić information content (AvgIpc) is 2.71. The predicted molar refractivity (Wildman–Crippen MR) is 62.0 cm³/mol. The molecule has 2 fully saturated rings. The van der Waals surface area contributed by atoms with Gasteiger partial charge in [0.15, 0.2) is 0 Å². The van der Waals surface area contributed by atoms with Crippen LogP contribution in [-0.2, 0) is 4.74 Å². The standard InChI is InChI=1S/C12H24N2O/c1-10-6-11(2-4-14-10)7-13-8-12-3-5-15-9-12/h10-14H,2-9H2,1H3. The highest BCUT2D eigenvalue weighted by Gasteiger charge is 2.19. The van der Waals surface area contributed by atoms with Gasteiger partial charge >= 0.3 is 0 Å². The number of hydrogen-bond acceptors (Lipinski definition) is 3. The zero-order valence-corrected chi connectivity index (χ0v) is 9.80. The van der Waals surface area contributed by atoms with Gasteiger partial charge in [0.2, 0.25) is 0 Å². The average molecular weight is 212 g/mol. The third-order valence-electron chi connectivity index (χ3n) is 3.62. The first-order valence-corrected chi connectivity index (χ1v) is 6.36. The van der Waals surface area contributed by atoms with Gasteiger partial charge in [-0.3, -0.25) is 0 Å². The first-order valence-electron chi connectivity index (χ1n) is 6.36. The lowest BCUT2D eigenvalue weighted by atomic mass is 9.93. The minimum Gasteiger partial charge on any atom is -0.381 e. The molecule has 15 heavy (non-hydrogen) atoms. The first-order chi connectivity index (χ1) is 7.34. The Labute approximate surface area is 93.0 Å². The van der Waals surface area contributed by atoms with Crippen molar-refractivity contribution in [3.63, 3.8) is 0 Å². The van der Waals surface area contributed by atoms with Crippen LogP contribution in [0.1, 0.15) is 26.2 Å². The van der Waals surface area contributed by atoms with Gasteiger partial charge in [-0.25, -0.2) is 0 Å². The first kappa shape index (κ1) is 11.4. The van der Waals surface area contributed by atoms with E-state index in [1.54, 1.807) is 0 Å². The predicted octanol–water partition coefficient (Wildman–Crippen LogP) is 1.00. The molecule has 88 valence electrons. The Kier molecular flexibility index (Phi) is 4.42. The van der Waals surface area contributed by atoms with Crippen LogP contribution < -0.4 is 10.6 Å². The Balaban J connectivity index is 1.56. The molecule has 0 aliphatic carbocycles. The van der Waals surface area contributed by atoms with Crippen molar-refractivity contribution >= 4 is 0 Å². The lowest BCUT2D eigenvalue weighted by Crippen LogP contribution is -2.40. The molecule has 0 saturated carbocycles. The summed E-state index contributed by atoms with van der Waals surface area (Å²) in [5.74, 6) is 1.65. The molecule has 0 bridgehead atoms. The van der Waals surface area contributed by atoms with E-state index in [1.165, 1.54) is 32.4 Å². The van der Waals surface area contributed by atoms with Crippen molar-refractivity contribution < 1.29 is 4.74 Å². The third kappa shape index (κ3) is 3.74. The topological polar surface area (TPSA) is 33.3 Å². The molecule has 3 nitrogen and oxygen atoms in total. The molecule has 0 amide bonds. The molecule has 0 radical (unpaired) electrons. The quantitative estimate of drug-likeness (QED) is 0.729. The van der Waals surface area contributed by atoms with Gasteiger partial charge in [-0.2, -0.15) is 0 Å². The summed E-state index contributed by atoms with van der Waals surface area (Å²) >= 11 is 0. The number of rotatable bonds is 4. The minimum absolute atomic E-state index is 0.709. The van der Waals surface area contributed by atoms with Crippen LogP contribution in [0, 0.1) is 11.8 Å². The van der Waals surface area contributed by atoms with Gasteiger partial charge in [0.25, 0.3) is 0 Å². The Morgan fingerprint density at radius 2 is 2.13 bits per heavy atom. The van der Waals surface area contributed by atoms with Crippen molar-refractivity contribution in [2.45, 2.75) is 32.2 Å². The second-order valence-electron chi connectivity index (χ2n) is 5.13. The van der Waals surface area contributed by atoms with Crippen LogP contribution in [-0.4, -0.2) is 38.9 Å². The normalized spacial score (nSPS) is 37.0. The fourth-order valence-corrected chi connectivity index (χ4v) is 2.66. The second kappa shape index (κ2) is 5.83. The SMILES string of the molecule is CC1CC(CNCC2CCOC2)CCN1. The van der Waals surface area contributed by atoms with Gasteiger partial charge < -0.3 is 15.4 Å². The zero-order chi connectivity index (χ0) is 10.5. The van der Waals surface area contributed by atoms with Crippen LogP contribution in [0.2, 0.25) is 0 Å². The molecule has 2 N–H and O–H groups in total. The van der Waals surface area contributed by atoms with Gasteiger partial charge in [-0.15, -0.1) is 0 Å². The molecule has 0 aromatic rings. The summed E-state index contributed by atoms with van der Waals surface area (Å²) < 4.78 is 5.37. The molecular weight excluding hydrogens is 188 g/mol. The van der Waals surface area contributed by atoms with Gasteiger partial charge in [0, 0.05) is 19.2 Å². The van der Waals surface area contributed by atoms with Crippen molar-refractivity contribution in [2.75, 3.05) is 32.8 Å². The van der Waals surface area contributed by atoms with E-state index in [1.807, 2.05) is 0 Å². The fourth-order valence-electron chi connectivity index (χ4n) is 2.66. The number of ether oxygens (including phenoxy) is 1. The molecule has 0 aromatic carbocycles. The molecule has 0 aromatic heterocycles. The zero-order valence-electron chi connectivity index (χ0n) is 9.80. The third-order valence-corrected chi connectivity index (χ3v) is 3.62. The summed E-state index contributed by atoms with van der Waals surface area (Å²) in [4.78, 5) is 0. The largest absolute Gasteiger partial charge is 0.381 e. The molecule has 2 aliphatic rings. The van der Waals surface area contributed by atoms with Crippen molar-refractivity contribution in [1.29, 1.82) is 0 Å². The molecule has 0 spiro atoms. The summed E-state index contributed by atoms with van der Waals surface area (Å²) in [5, 5.41) is 7.11. The van der Waals surface area contributed by atoms with Crippen molar-refractivity contribution in [3.05, 3.63) is 0 Å². The van der Waals surface area contributed by atoms with E-state index in [0.717, 1.165) is 31.6 Å². The van der Waals surface area contributed by atoms with Crippen molar-refractivity contribution in [3.8, 4) is 0 Å². The number of nitrogens with one attached hydrogen (secondary N) is 2. The Morgan fingerprint density at radius 1 is 1.27 bits per heavy atom. The Morgan fingerprint density at radius 3 is 2.87 bits per heavy atom. The van der Waals surface area contributed by atoms with E-state index >= 15 is 0 Å². The molecule has 3 unspecified atom stereocenters. The molecule has 2 aliphatic heterocycles. The van der Waals surface area contributed by atoms with Gasteiger partial charge in [-0.05, 0) is 51.1 Å². The maximum absolute atomic E-state index is 5.37. The molecule has 2 heterocycles. The van der Waals surface area contributed by atoms with Crippen LogP contribution in [0.4, 0.5) is 0 Å². The van der Waals surface area contributed by atoms with Gasteiger partial charge in [0.05, 0.1) is 6.61 Å². The molecule has 3 heteroatoms. The second-order valence-corrected chi connectivity index (χ2v) is 5.13. The van der Waals surface area contributed by atoms with Crippen LogP contribution in [0.15, 0.2) is 0 Å². The Hall–Kier alpha value is -0.120. The highest BCUT2D eigenvalue weighted by Crippen LogP contribution is 2.15. The van der Waals surface area contributed by atoms with Crippen LogP contribution >= 0.6 is 0 Å². The van der Waals surface area contributed by atoms with E-state index in [-0.39, 0.29) is 0 Å². The van der Waals surface area contributed by atoms with Crippen LogP contribution in [0.25, 0.3) is 0 Å². The summed E-state index contributed by atoms with van der Waals surface area (Å²) in [6, 6.07) is 0.709. The summed E-state index contributed by atoms with van der Waals surface area (Å²) in [7, 11) is 0. The number of piperidine rings is 1.